The Kier molecular flexibility index (Phi) is 2.98. The zero-order valence-corrected chi connectivity index (χ0v) is 8.43. The van der Waals surface area contributed by atoms with Gasteiger partial charge < -0.3 is 10.5 Å². The van der Waals surface area contributed by atoms with Gasteiger partial charge in [0.2, 0.25) is 0 Å². The predicted octanol–water partition coefficient (Wildman–Crippen LogP) is 2.17. The van der Waals surface area contributed by atoms with Crippen LogP contribution in [0.5, 0.6) is 0 Å². The number of nitrogens with two attached hydrogens (primary N) is 1. The maximum atomic E-state index is 5.74. The van der Waals surface area contributed by atoms with Crippen molar-refractivity contribution in [1.29, 1.82) is 0 Å². The second-order valence-corrected chi connectivity index (χ2v) is 4.34. The smallest absolute Gasteiger partial charge is 0.0955 e. The summed E-state index contributed by atoms with van der Waals surface area (Å²) in [4.78, 5) is 0. The summed E-state index contributed by atoms with van der Waals surface area (Å²) < 4.78 is 5.74. The van der Waals surface area contributed by atoms with Gasteiger partial charge in [-0.1, -0.05) is 0 Å². The van der Waals surface area contributed by atoms with E-state index in [-0.39, 0.29) is 6.10 Å². The lowest BCUT2D eigenvalue weighted by Gasteiger charge is -2.14. The minimum atomic E-state index is 0.117. The quantitative estimate of drug-likeness (QED) is 0.785. The molecular formula is C10H15NOS. The molecule has 0 bridgehead atoms. The largest absolute Gasteiger partial charge is 0.372 e. The van der Waals surface area contributed by atoms with Gasteiger partial charge in [0.1, 0.15) is 0 Å². The lowest BCUT2D eigenvalue weighted by molar-refractivity contribution is 0.0513. The summed E-state index contributed by atoms with van der Waals surface area (Å²) in [7, 11) is 0. The molecule has 0 radical (unpaired) electrons. The lowest BCUT2D eigenvalue weighted by Crippen LogP contribution is -2.16. The van der Waals surface area contributed by atoms with E-state index in [0.717, 1.165) is 12.5 Å². The summed E-state index contributed by atoms with van der Waals surface area (Å²) in [6, 6.07) is 2.09. The number of ether oxygens (including phenoxy) is 1. The van der Waals surface area contributed by atoms with E-state index in [1.165, 1.54) is 18.4 Å². The fraction of sp³-hybridized carbons (Fsp3) is 0.600. The van der Waals surface area contributed by atoms with Gasteiger partial charge in [-0.15, -0.1) is 0 Å². The Morgan fingerprint density at radius 3 is 3.00 bits per heavy atom. The van der Waals surface area contributed by atoms with Gasteiger partial charge in [0.05, 0.1) is 12.7 Å². The molecule has 1 heterocycles. The van der Waals surface area contributed by atoms with Crippen LogP contribution in [0.3, 0.4) is 0 Å². The zero-order chi connectivity index (χ0) is 9.10. The highest BCUT2D eigenvalue weighted by Gasteiger charge is 2.23. The molecule has 1 atom stereocenters. The van der Waals surface area contributed by atoms with Crippen molar-refractivity contribution in [2.24, 2.45) is 11.7 Å². The molecule has 0 aromatic carbocycles. The Hall–Kier alpha value is -0.380. The van der Waals surface area contributed by atoms with Gasteiger partial charge in [0, 0.05) is 6.54 Å². The lowest BCUT2D eigenvalue weighted by atomic mass is 10.2. The second-order valence-electron chi connectivity index (χ2n) is 3.56. The van der Waals surface area contributed by atoms with Crippen LogP contribution < -0.4 is 5.73 Å². The maximum absolute atomic E-state index is 5.74. The summed E-state index contributed by atoms with van der Waals surface area (Å²) in [5.41, 5.74) is 6.88. The summed E-state index contributed by atoms with van der Waals surface area (Å²) in [6.45, 7) is 1.47. The van der Waals surface area contributed by atoms with Crippen molar-refractivity contribution in [3.63, 3.8) is 0 Å². The van der Waals surface area contributed by atoms with E-state index in [9.17, 15) is 0 Å². The van der Waals surface area contributed by atoms with Crippen molar-refractivity contribution in [1.82, 2.24) is 0 Å². The van der Waals surface area contributed by atoms with E-state index in [1.807, 2.05) is 0 Å². The minimum Gasteiger partial charge on any atom is -0.372 e. The number of thiophene rings is 1. The van der Waals surface area contributed by atoms with E-state index in [0.29, 0.717) is 6.54 Å². The van der Waals surface area contributed by atoms with Crippen LogP contribution in [0.25, 0.3) is 0 Å². The molecule has 1 unspecified atom stereocenters. The van der Waals surface area contributed by atoms with Gasteiger partial charge in [0.25, 0.3) is 0 Å². The summed E-state index contributed by atoms with van der Waals surface area (Å²) in [6.07, 6.45) is 2.79. The van der Waals surface area contributed by atoms with Crippen LogP contribution in [0.1, 0.15) is 24.5 Å². The van der Waals surface area contributed by atoms with Gasteiger partial charge in [-0.2, -0.15) is 11.3 Å². The minimum absolute atomic E-state index is 0.117. The fourth-order valence-corrected chi connectivity index (χ4v) is 2.00. The van der Waals surface area contributed by atoms with Crippen molar-refractivity contribution in [2.75, 3.05) is 13.2 Å². The van der Waals surface area contributed by atoms with Crippen LogP contribution in [0.15, 0.2) is 16.8 Å². The Morgan fingerprint density at radius 1 is 1.62 bits per heavy atom. The summed E-state index contributed by atoms with van der Waals surface area (Å²) in [5, 5.41) is 4.18. The highest BCUT2D eigenvalue weighted by molar-refractivity contribution is 7.07. The Morgan fingerprint density at radius 2 is 2.46 bits per heavy atom. The van der Waals surface area contributed by atoms with Gasteiger partial charge in [-0.05, 0) is 41.1 Å². The first kappa shape index (κ1) is 9.19. The first-order valence-electron chi connectivity index (χ1n) is 4.74. The molecule has 1 aromatic heterocycles. The molecule has 1 aromatic rings. The van der Waals surface area contributed by atoms with Crippen LogP contribution in [0.2, 0.25) is 0 Å². The molecule has 1 aliphatic carbocycles. The van der Waals surface area contributed by atoms with E-state index in [1.54, 1.807) is 11.3 Å². The Labute approximate surface area is 82.7 Å². The molecule has 1 aliphatic rings. The molecule has 0 amide bonds. The molecule has 0 saturated heterocycles. The number of rotatable bonds is 5. The third-order valence-corrected chi connectivity index (χ3v) is 3.06. The topological polar surface area (TPSA) is 35.2 Å². The molecule has 0 aliphatic heterocycles. The van der Waals surface area contributed by atoms with Crippen LogP contribution in [0.4, 0.5) is 0 Å². The average Bonchev–Trinajstić information content (AvgIpc) is 2.81. The molecule has 13 heavy (non-hydrogen) atoms. The predicted molar refractivity (Wildman–Crippen MR) is 54.8 cm³/mol. The van der Waals surface area contributed by atoms with E-state index < -0.39 is 0 Å². The van der Waals surface area contributed by atoms with Crippen molar-refractivity contribution in [2.45, 2.75) is 18.9 Å². The van der Waals surface area contributed by atoms with Gasteiger partial charge >= 0.3 is 0 Å². The average molecular weight is 197 g/mol. The summed E-state index contributed by atoms with van der Waals surface area (Å²) in [5.74, 6) is 0.813. The molecule has 0 spiro atoms. The van der Waals surface area contributed by atoms with Crippen molar-refractivity contribution >= 4 is 11.3 Å². The van der Waals surface area contributed by atoms with Crippen molar-refractivity contribution in [3.05, 3.63) is 22.4 Å². The summed E-state index contributed by atoms with van der Waals surface area (Å²) >= 11 is 1.70. The van der Waals surface area contributed by atoms with E-state index in [2.05, 4.69) is 16.8 Å². The SMILES string of the molecule is NCC(OCC1CC1)c1ccsc1. The van der Waals surface area contributed by atoms with Gasteiger partial charge in [-0.25, -0.2) is 0 Å². The monoisotopic (exact) mass is 197 g/mol. The highest BCUT2D eigenvalue weighted by atomic mass is 32.1. The Balaban J connectivity index is 1.85. The molecule has 2 N–H and O–H groups in total. The van der Waals surface area contributed by atoms with E-state index >= 15 is 0 Å². The Bertz CT molecular complexity index is 243. The molecule has 1 fully saturated rings. The van der Waals surface area contributed by atoms with Gasteiger partial charge in [-0.3, -0.25) is 0 Å². The number of hydrogen-bond acceptors (Lipinski definition) is 3. The second kappa shape index (κ2) is 4.22. The van der Waals surface area contributed by atoms with Crippen LogP contribution in [0, 0.1) is 5.92 Å². The molecule has 3 heteroatoms. The normalized spacial score (nSPS) is 18.8. The van der Waals surface area contributed by atoms with Crippen LogP contribution in [-0.4, -0.2) is 13.2 Å². The van der Waals surface area contributed by atoms with Crippen LogP contribution in [-0.2, 0) is 4.74 Å². The zero-order valence-electron chi connectivity index (χ0n) is 7.61. The first-order chi connectivity index (χ1) is 6.40. The van der Waals surface area contributed by atoms with Crippen molar-refractivity contribution in [3.8, 4) is 0 Å². The third kappa shape index (κ3) is 2.53. The maximum Gasteiger partial charge on any atom is 0.0955 e. The molecular weight excluding hydrogens is 182 g/mol. The van der Waals surface area contributed by atoms with Gasteiger partial charge in [0.15, 0.2) is 0 Å². The highest BCUT2D eigenvalue weighted by Crippen LogP contribution is 2.31. The molecule has 1 saturated carbocycles. The van der Waals surface area contributed by atoms with E-state index in [4.69, 9.17) is 10.5 Å². The molecule has 2 nitrogen and oxygen atoms in total. The third-order valence-electron chi connectivity index (χ3n) is 2.36. The fourth-order valence-electron chi connectivity index (χ4n) is 1.30. The van der Waals surface area contributed by atoms with Crippen LogP contribution >= 0.6 is 11.3 Å². The van der Waals surface area contributed by atoms with Crippen molar-refractivity contribution < 1.29 is 4.74 Å². The number of hydrogen-bond donors (Lipinski definition) is 1. The first-order valence-corrected chi connectivity index (χ1v) is 5.68. The molecule has 72 valence electrons. The standard InChI is InChI=1S/C10H15NOS/c11-5-10(9-3-4-13-7-9)12-6-8-1-2-8/h3-4,7-8,10H,1-2,5-6,11H2. The molecule has 2 rings (SSSR count).